The second kappa shape index (κ2) is 6.39. The van der Waals surface area contributed by atoms with Crippen molar-refractivity contribution in [3.8, 4) is 0 Å². The zero-order chi connectivity index (χ0) is 10.3. The van der Waals surface area contributed by atoms with E-state index in [1.54, 1.807) is 7.11 Å². The molecule has 1 unspecified atom stereocenters. The van der Waals surface area contributed by atoms with Gasteiger partial charge in [-0.05, 0) is 32.6 Å². The van der Waals surface area contributed by atoms with Crippen LogP contribution in [0.3, 0.4) is 0 Å². The minimum Gasteiger partial charge on any atom is -0.390 e. The molecule has 0 amide bonds. The number of aliphatic hydroxyl groups is 1. The van der Waals surface area contributed by atoms with Crippen molar-refractivity contribution in [1.29, 1.82) is 0 Å². The van der Waals surface area contributed by atoms with Crippen molar-refractivity contribution in [3.63, 3.8) is 0 Å². The highest BCUT2D eigenvalue weighted by atomic mass is 16.5. The standard InChI is InChI=1S/C11H24O2/c1-10(7-9-13-4)6-5-8-11(2,3)12/h10,12H,5-9H2,1-4H3. The minimum absolute atomic E-state index is 0.499. The molecular weight excluding hydrogens is 164 g/mol. The monoisotopic (exact) mass is 188 g/mol. The van der Waals surface area contributed by atoms with Gasteiger partial charge in [0.15, 0.2) is 0 Å². The molecule has 80 valence electrons. The Morgan fingerprint density at radius 2 is 1.92 bits per heavy atom. The van der Waals surface area contributed by atoms with E-state index in [2.05, 4.69) is 6.92 Å². The van der Waals surface area contributed by atoms with Crippen LogP contribution in [-0.4, -0.2) is 24.4 Å². The summed E-state index contributed by atoms with van der Waals surface area (Å²) in [5, 5.41) is 9.48. The first kappa shape index (κ1) is 12.9. The molecule has 0 aromatic carbocycles. The third kappa shape index (κ3) is 9.84. The summed E-state index contributed by atoms with van der Waals surface area (Å²) in [6.45, 7) is 6.83. The summed E-state index contributed by atoms with van der Waals surface area (Å²) in [5.41, 5.74) is -0.499. The highest BCUT2D eigenvalue weighted by molar-refractivity contribution is 4.65. The zero-order valence-corrected chi connectivity index (χ0v) is 9.47. The molecule has 0 rings (SSSR count). The Morgan fingerprint density at radius 1 is 1.31 bits per heavy atom. The van der Waals surface area contributed by atoms with Crippen molar-refractivity contribution < 1.29 is 9.84 Å². The second-order valence-electron chi connectivity index (χ2n) is 4.59. The van der Waals surface area contributed by atoms with Crippen molar-refractivity contribution in [2.45, 2.75) is 52.1 Å². The van der Waals surface area contributed by atoms with E-state index in [0.29, 0.717) is 5.92 Å². The molecule has 0 fully saturated rings. The van der Waals surface area contributed by atoms with Crippen LogP contribution < -0.4 is 0 Å². The summed E-state index contributed by atoms with van der Waals surface area (Å²) in [6.07, 6.45) is 4.31. The topological polar surface area (TPSA) is 29.5 Å². The average molecular weight is 188 g/mol. The molecular formula is C11H24O2. The second-order valence-corrected chi connectivity index (χ2v) is 4.59. The maximum Gasteiger partial charge on any atom is 0.0591 e. The predicted octanol–water partition coefficient (Wildman–Crippen LogP) is 2.60. The summed E-state index contributed by atoms with van der Waals surface area (Å²) >= 11 is 0. The van der Waals surface area contributed by atoms with Crippen LogP contribution in [0.1, 0.15) is 46.5 Å². The van der Waals surface area contributed by atoms with Crippen molar-refractivity contribution >= 4 is 0 Å². The van der Waals surface area contributed by atoms with Gasteiger partial charge in [0.1, 0.15) is 0 Å². The first-order valence-electron chi connectivity index (χ1n) is 5.17. The molecule has 0 heterocycles. The fourth-order valence-corrected chi connectivity index (χ4v) is 1.35. The molecule has 0 aliphatic heterocycles. The molecule has 13 heavy (non-hydrogen) atoms. The Hall–Kier alpha value is -0.0800. The van der Waals surface area contributed by atoms with E-state index < -0.39 is 5.60 Å². The van der Waals surface area contributed by atoms with Gasteiger partial charge in [-0.2, -0.15) is 0 Å². The van der Waals surface area contributed by atoms with E-state index in [0.717, 1.165) is 25.9 Å². The molecule has 0 aliphatic rings. The van der Waals surface area contributed by atoms with Gasteiger partial charge in [-0.1, -0.05) is 19.8 Å². The van der Waals surface area contributed by atoms with E-state index in [4.69, 9.17) is 4.74 Å². The molecule has 0 bridgehead atoms. The maximum atomic E-state index is 9.48. The lowest BCUT2D eigenvalue weighted by Gasteiger charge is -2.18. The quantitative estimate of drug-likeness (QED) is 0.665. The normalized spacial score (nSPS) is 14.5. The predicted molar refractivity (Wildman–Crippen MR) is 55.8 cm³/mol. The molecule has 2 heteroatoms. The SMILES string of the molecule is COCCC(C)CCCC(C)(C)O. The Bertz CT molecular complexity index is 116. The summed E-state index contributed by atoms with van der Waals surface area (Å²) in [7, 11) is 1.74. The third-order valence-corrected chi connectivity index (χ3v) is 2.30. The van der Waals surface area contributed by atoms with Gasteiger partial charge in [0.2, 0.25) is 0 Å². The number of ether oxygens (including phenoxy) is 1. The minimum atomic E-state index is -0.499. The average Bonchev–Trinajstić information content (AvgIpc) is 1.98. The van der Waals surface area contributed by atoms with Gasteiger partial charge in [-0.3, -0.25) is 0 Å². The number of hydrogen-bond donors (Lipinski definition) is 1. The van der Waals surface area contributed by atoms with Crippen LogP contribution in [0.4, 0.5) is 0 Å². The summed E-state index contributed by atoms with van der Waals surface area (Å²) < 4.78 is 5.01. The van der Waals surface area contributed by atoms with Crippen LogP contribution in [0, 0.1) is 5.92 Å². The van der Waals surface area contributed by atoms with E-state index in [1.807, 2.05) is 13.8 Å². The smallest absolute Gasteiger partial charge is 0.0591 e. The summed E-state index contributed by atoms with van der Waals surface area (Å²) in [6, 6.07) is 0. The third-order valence-electron chi connectivity index (χ3n) is 2.30. The van der Waals surface area contributed by atoms with Crippen molar-refractivity contribution in [2.24, 2.45) is 5.92 Å². The van der Waals surface area contributed by atoms with Crippen LogP contribution in [0.5, 0.6) is 0 Å². The Balaban J connectivity index is 3.31. The van der Waals surface area contributed by atoms with Crippen LogP contribution >= 0.6 is 0 Å². The largest absolute Gasteiger partial charge is 0.390 e. The summed E-state index contributed by atoms with van der Waals surface area (Å²) in [4.78, 5) is 0. The molecule has 0 radical (unpaired) electrons. The Labute approximate surface area is 82.3 Å². The van der Waals surface area contributed by atoms with Crippen molar-refractivity contribution in [1.82, 2.24) is 0 Å². The van der Waals surface area contributed by atoms with Crippen LogP contribution in [-0.2, 0) is 4.74 Å². The lowest BCUT2D eigenvalue weighted by atomic mass is 9.95. The van der Waals surface area contributed by atoms with E-state index in [-0.39, 0.29) is 0 Å². The van der Waals surface area contributed by atoms with Crippen LogP contribution in [0.15, 0.2) is 0 Å². The van der Waals surface area contributed by atoms with Gasteiger partial charge in [-0.25, -0.2) is 0 Å². The van der Waals surface area contributed by atoms with E-state index in [9.17, 15) is 5.11 Å². The fourth-order valence-electron chi connectivity index (χ4n) is 1.35. The number of hydrogen-bond acceptors (Lipinski definition) is 2. The molecule has 0 saturated heterocycles. The number of methoxy groups -OCH3 is 1. The molecule has 0 aromatic rings. The van der Waals surface area contributed by atoms with Crippen LogP contribution in [0.25, 0.3) is 0 Å². The zero-order valence-electron chi connectivity index (χ0n) is 9.47. The lowest BCUT2D eigenvalue weighted by molar-refractivity contribution is 0.0664. The fraction of sp³-hybridized carbons (Fsp3) is 1.00. The molecule has 0 aromatic heterocycles. The van der Waals surface area contributed by atoms with Gasteiger partial charge in [-0.15, -0.1) is 0 Å². The van der Waals surface area contributed by atoms with E-state index in [1.165, 1.54) is 6.42 Å². The highest BCUT2D eigenvalue weighted by Crippen LogP contribution is 2.17. The van der Waals surface area contributed by atoms with Crippen molar-refractivity contribution in [2.75, 3.05) is 13.7 Å². The number of rotatable bonds is 7. The molecule has 2 nitrogen and oxygen atoms in total. The van der Waals surface area contributed by atoms with Crippen molar-refractivity contribution in [3.05, 3.63) is 0 Å². The Kier molecular flexibility index (Phi) is 6.35. The molecule has 0 spiro atoms. The Morgan fingerprint density at radius 3 is 2.38 bits per heavy atom. The molecule has 0 saturated carbocycles. The lowest BCUT2D eigenvalue weighted by Crippen LogP contribution is -2.18. The van der Waals surface area contributed by atoms with Crippen LogP contribution in [0.2, 0.25) is 0 Å². The van der Waals surface area contributed by atoms with Gasteiger partial charge in [0.25, 0.3) is 0 Å². The molecule has 1 atom stereocenters. The van der Waals surface area contributed by atoms with Gasteiger partial charge in [0, 0.05) is 13.7 Å². The molecule has 0 aliphatic carbocycles. The first-order chi connectivity index (χ1) is 5.95. The summed E-state index contributed by atoms with van der Waals surface area (Å²) in [5.74, 6) is 0.710. The highest BCUT2D eigenvalue weighted by Gasteiger charge is 2.12. The first-order valence-corrected chi connectivity index (χ1v) is 5.17. The van der Waals surface area contributed by atoms with E-state index >= 15 is 0 Å². The van der Waals surface area contributed by atoms with Gasteiger partial charge in [0.05, 0.1) is 5.60 Å². The maximum absolute atomic E-state index is 9.48. The van der Waals surface area contributed by atoms with Gasteiger partial charge < -0.3 is 9.84 Å². The van der Waals surface area contributed by atoms with Gasteiger partial charge >= 0.3 is 0 Å². The molecule has 1 N–H and O–H groups in total.